The van der Waals surface area contributed by atoms with Crippen LogP contribution >= 0.6 is 23.2 Å². The molecule has 68 valence electrons. The van der Waals surface area contributed by atoms with E-state index >= 15 is 0 Å². The first-order valence-electron chi connectivity index (χ1n) is 4.32. The maximum atomic E-state index is 5.91. The van der Waals surface area contributed by atoms with E-state index in [2.05, 4.69) is 6.92 Å². The van der Waals surface area contributed by atoms with E-state index in [0.717, 1.165) is 5.56 Å². The first kappa shape index (κ1) is 9.11. The summed E-state index contributed by atoms with van der Waals surface area (Å²) in [6.07, 6.45) is 2.46. The fourth-order valence-corrected chi connectivity index (χ4v) is 1.94. The molecule has 0 aromatic heterocycles. The molecule has 0 unspecified atom stereocenters. The highest BCUT2D eigenvalue weighted by Gasteiger charge is 2.15. The zero-order valence-electron chi connectivity index (χ0n) is 7.40. The molecule has 0 saturated heterocycles. The monoisotopic (exact) mass is 212 g/mol. The van der Waals surface area contributed by atoms with Gasteiger partial charge in [-0.05, 0) is 49.1 Å². The number of hydrogen-bond donors (Lipinski definition) is 0. The van der Waals surface area contributed by atoms with E-state index in [4.69, 9.17) is 23.2 Å². The molecule has 2 rings (SSSR count). The van der Waals surface area contributed by atoms with E-state index in [0.29, 0.717) is 10.0 Å². The predicted octanol–water partition coefficient (Wildman–Crippen LogP) is 4.56. The fourth-order valence-electron chi connectivity index (χ4n) is 1.41. The van der Waals surface area contributed by atoms with E-state index in [1.807, 2.05) is 12.1 Å². The summed E-state index contributed by atoms with van der Waals surface area (Å²) in [7, 11) is 0. The van der Waals surface area contributed by atoms with Gasteiger partial charge in [0.1, 0.15) is 0 Å². The molecule has 13 heavy (non-hydrogen) atoms. The average molecular weight is 213 g/mol. The van der Waals surface area contributed by atoms with E-state index < -0.39 is 0 Å². The van der Waals surface area contributed by atoms with Crippen molar-refractivity contribution in [1.29, 1.82) is 0 Å². The summed E-state index contributed by atoms with van der Waals surface area (Å²) in [6, 6.07) is 5.69. The fraction of sp³-hybridized carbons (Fsp3) is 0.273. The minimum absolute atomic E-state index is 0.711. The second-order valence-electron chi connectivity index (χ2n) is 3.39. The van der Waals surface area contributed by atoms with Gasteiger partial charge in [0, 0.05) is 10.0 Å². The van der Waals surface area contributed by atoms with Crippen molar-refractivity contribution in [1.82, 2.24) is 0 Å². The summed E-state index contributed by atoms with van der Waals surface area (Å²) >= 11 is 11.8. The second kappa shape index (κ2) is 3.36. The van der Waals surface area contributed by atoms with Gasteiger partial charge in [-0.15, -0.1) is 0 Å². The van der Waals surface area contributed by atoms with E-state index in [9.17, 15) is 0 Å². The molecular weight excluding hydrogens is 203 g/mol. The Morgan fingerprint density at radius 3 is 2.08 bits per heavy atom. The van der Waals surface area contributed by atoms with Crippen molar-refractivity contribution in [2.24, 2.45) is 0 Å². The Labute approximate surface area is 88.2 Å². The van der Waals surface area contributed by atoms with Gasteiger partial charge in [-0.2, -0.15) is 0 Å². The van der Waals surface area contributed by atoms with Crippen LogP contribution in [0.1, 0.15) is 25.3 Å². The lowest BCUT2D eigenvalue weighted by atomic mass is 10.1. The quantitative estimate of drug-likeness (QED) is 0.641. The van der Waals surface area contributed by atoms with E-state index in [1.54, 1.807) is 6.07 Å². The molecule has 0 spiro atoms. The molecule has 0 N–H and O–H groups in total. The molecule has 0 amide bonds. The lowest BCUT2D eigenvalue weighted by Crippen LogP contribution is -1.79. The number of halogens is 2. The molecule has 1 fully saturated rings. The highest BCUT2D eigenvalue weighted by Crippen LogP contribution is 2.37. The number of rotatable bonds is 1. The zero-order chi connectivity index (χ0) is 9.42. The average Bonchev–Trinajstić information content (AvgIpc) is 2.83. The Balaban J connectivity index is 2.46. The van der Waals surface area contributed by atoms with Gasteiger partial charge in [0.25, 0.3) is 0 Å². The SMILES string of the molecule is CC(=C1CC1)c1cc(Cl)cc(Cl)c1. The Morgan fingerprint density at radius 2 is 1.62 bits per heavy atom. The normalized spacial score (nSPS) is 14.5. The van der Waals surface area contributed by atoms with Crippen molar-refractivity contribution in [2.45, 2.75) is 19.8 Å². The number of hydrogen-bond acceptors (Lipinski definition) is 0. The van der Waals surface area contributed by atoms with Gasteiger partial charge < -0.3 is 0 Å². The van der Waals surface area contributed by atoms with Gasteiger partial charge >= 0.3 is 0 Å². The van der Waals surface area contributed by atoms with Gasteiger partial charge in [0.05, 0.1) is 0 Å². The lowest BCUT2D eigenvalue weighted by molar-refractivity contribution is 1.50. The first-order chi connectivity index (χ1) is 6.16. The molecule has 0 aliphatic heterocycles. The van der Waals surface area contributed by atoms with Gasteiger partial charge in [0.15, 0.2) is 0 Å². The van der Waals surface area contributed by atoms with Gasteiger partial charge in [0.2, 0.25) is 0 Å². The molecule has 1 aliphatic carbocycles. The smallest absolute Gasteiger partial charge is 0.0426 e. The lowest BCUT2D eigenvalue weighted by Gasteiger charge is -2.02. The molecule has 0 bridgehead atoms. The maximum Gasteiger partial charge on any atom is 0.0426 e. The second-order valence-corrected chi connectivity index (χ2v) is 4.26. The Bertz CT molecular complexity index is 351. The molecule has 1 aromatic carbocycles. The molecule has 0 radical (unpaired) electrons. The summed E-state index contributed by atoms with van der Waals surface area (Å²) in [6.45, 7) is 2.13. The molecule has 0 heterocycles. The molecule has 2 heteroatoms. The largest absolute Gasteiger partial charge is 0.0843 e. The van der Waals surface area contributed by atoms with Crippen molar-refractivity contribution in [3.05, 3.63) is 39.4 Å². The van der Waals surface area contributed by atoms with Crippen LogP contribution in [0.2, 0.25) is 10.0 Å². The summed E-state index contributed by atoms with van der Waals surface area (Å²) in [4.78, 5) is 0. The van der Waals surface area contributed by atoms with Crippen molar-refractivity contribution >= 4 is 28.8 Å². The minimum atomic E-state index is 0.711. The van der Waals surface area contributed by atoms with Crippen LogP contribution in [0, 0.1) is 0 Å². The number of benzene rings is 1. The third kappa shape index (κ3) is 2.07. The van der Waals surface area contributed by atoms with Gasteiger partial charge in [-0.1, -0.05) is 28.8 Å². The van der Waals surface area contributed by atoms with Crippen molar-refractivity contribution < 1.29 is 0 Å². The summed E-state index contributed by atoms with van der Waals surface area (Å²) in [5, 5.41) is 1.42. The van der Waals surface area contributed by atoms with Crippen LogP contribution in [0.4, 0.5) is 0 Å². The molecule has 0 atom stereocenters. The highest BCUT2D eigenvalue weighted by atomic mass is 35.5. The molecule has 1 aliphatic rings. The third-order valence-corrected chi connectivity index (χ3v) is 2.76. The molecule has 1 aromatic rings. The van der Waals surface area contributed by atoms with Crippen LogP contribution in [0.25, 0.3) is 5.57 Å². The van der Waals surface area contributed by atoms with Gasteiger partial charge in [-0.3, -0.25) is 0 Å². The van der Waals surface area contributed by atoms with Gasteiger partial charge in [-0.25, -0.2) is 0 Å². The summed E-state index contributed by atoms with van der Waals surface area (Å²) in [5.41, 5.74) is 4.02. The first-order valence-corrected chi connectivity index (χ1v) is 5.07. The van der Waals surface area contributed by atoms with Crippen LogP contribution in [-0.2, 0) is 0 Å². The van der Waals surface area contributed by atoms with Crippen LogP contribution in [-0.4, -0.2) is 0 Å². The summed E-state index contributed by atoms with van der Waals surface area (Å²) < 4.78 is 0. The maximum absolute atomic E-state index is 5.91. The number of allylic oxidation sites excluding steroid dienone is 2. The van der Waals surface area contributed by atoms with Crippen LogP contribution in [0.15, 0.2) is 23.8 Å². The van der Waals surface area contributed by atoms with Crippen LogP contribution < -0.4 is 0 Å². The predicted molar refractivity (Wildman–Crippen MR) is 58.3 cm³/mol. The standard InChI is InChI=1S/C11H10Cl2/c1-7(8-2-3-8)9-4-10(12)6-11(13)5-9/h4-6H,2-3H2,1H3. The van der Waals surface area contributed by atoms with E-state index in [1.165, 1.54) is 24.0 Å². The zero-order valence-corrected chi connectivity index (χ0v) is 8.91. The van der Waals surface area contributed by atoms with E-state index in [-0.39, 0.29) is 0 Å². The van der Waals surface area contributed by atoms with Crippen molar-refractivity contribution in [2.75, 3.05) is 0 Å². The van der Waals surface area contributed by atoms with Crippen molar-refractivity contribution in [3.8, 4) is 0 Å². The topological polar surface area (TPSA) is 0 Å². The third-order valence-electron chi connectivity index (χ3n) is 2.33. The Kier molecular flexibility index (Phi) is 2.35. The molecule has 0 nitrogen and oxygen atoms in total. The van der Waals surface area contributed by atoms with Crippen molar-refractivity contribution in [3.63, 3.8) is 0 Å². The Hall–Kier alpha value is -0.460. The highest BCUT2D eigenvalue weighted by molar-refractivity contribution is 6.34. The minimum Gasteiger partial charge on any atom is -0.0843 e. The molecular formula is C11H10Cl2. The van der Waals surface area contributed by atoms with Crippen LogP contribution in [0.5, 0.6) is 0 Å². The molecule has 1 saturated carbocycles. The van der Waals surface area contributed by atoms with Crippen LogP contribution in [0.3, 0.4) is 0 Å². The Morgan fingerprint density at radius 1 is 1.08 bits per heavy atom. The summed E-state index contributed by atoms with van der Waals surface area (Å²) in [5.74, 6) is 0.